The number of aliphatic hydroxyl groups is 1. The lowest BCUT2D eigenvalue weighted by atomic mass is 9.76. The SMILES string of the molecule is CCCC1CCC1N(C)C(O)CCC. The molecule has 3 unspecified atom stereocenters. The maximum atomic E-state index is 9.87. The summed E-state index contributed by atoms with van der Waals surface area (Å²) in [6.07, 6.45) is 7.00. The quantitative estimate of drug-likeness (QED) is 0.665. The topological polar surface area (TPSA) is 23.5 Å². The number of nitrogens with zero attached hydrogens (tertiary/aromatic N) is 1. The van der Waals surface area contributed by atoms with Crippen LogP contribution in [-0.4, -0.2) is 29.3 Å². The summed E-state index contributed by atoms with van der Waals surface area (Å²) < 4.78 is 0. The normalized spacial score (nSPS) is 28.9. The van der Waals surface area contributed by atoms with Crippen LogP contribution in [0.4, 0.5) is 0 Å². The fourth-order valence-electron chi connectivity index (χ4n) is 2.48. The lowest BCUT2D eigenvalue weighted by Crippen LogP contribution is -2.49. The molecule has 1 N–H and O–H groups in total. The largest absolute Gasteiger partial charge is 0.378 e. The van der Waals surface area contributed by atoms with Gasteiger partial charge in [-0.2, -0.15) is 0 Å². The molecule has 0 radical (unpaired) electrons. The summed E-state index contributed by atoms with van der Waals surface area (Å²) in [5.74, 6) is 0.844. The third-order valence-corrected chi connectivity index (χ3v) is 3.58. The van der Waals surface area contributed by atoms with Crippen LogP contribution in [0.2, 0.25) is 0 Å². The van der Waals surface area contributed by atoms with E-state index in [1.54, 1.807) is 0 Å². The monoisotopic (exact) mass is 199 g/mol. The summed E-state index contributed by atoms with van der Waals surface area (Å²) in [4.78, 5) is 2.19. The van der Waals surface area contributed by atoms with Gasteiger partial charge in [-0.05, 0) is 38.6 Å². The Morgan fingerprint density at radius 3 is 2.43 bits per heavy atom. The number of aliphatic hydroxyl groups excluding tert-OH is 1. The van der Waals surface area contributed by atoms with E-state index in [1.807, 2.05) is 0 Å². The van der Waals surface area contributed by atoms with Gasteiger partial charge in [0.1, 0.15) is 6.23 Å². The smallest absolute Gasteiger partial charge is 0.107 e. The van der Waals surface area contributed by atoms with Gasteiger partial charge in [0.15, 0.2) is 0 Å². The van der Waals surface area contributed by atoms with E-state index < -0.39 is 0 Å². The predicted molar refractivity (Wildman–Crippen MR) is 60.1 cm³/mol. The van der Waals surface area contributed by atoms with Crippen molar-refractivity contribution < 1.29 is 5.11 Å². The summed E-state index contributed by atoms with van der Waals surface area (Å²) >= 11 is 0. The second kappa shape index (κ2) is 5.72. The third kappa shape index (κ3) is 2.71. The minimum Gasteiger partial charge on any atom is -0.378 e. The summed E-state index contributed by atoms with van der Waals surface area (Å²) in [7, 11) is 2.08. The molecule has 0 aliphatic heterocycles. The molecule has 1 aliphatic carbocycles. The van der Waals surface area contributed by atoms with Crippen LogP contribution in [0.15, 0.2) is 0 Å². The van der Waals surface area contributed by atoms with Gasteiger partial charge in [-0.3, -0.25) is 4.90 Å². The van der Waals surface area contributed by atoms with Crippen LogP contribution in [0.3, 0.4) is 0 Å². The van der Waals surface area contributed by atoms with Crippen molar-refractivity contribution in [1.82, 2.24) is 4.90 Å². The van der Waals surface area contributed by atoms with E-state index in [2.05, 4.69) is 25.8 Å². The molecule has 1 rings (SSSR count). The van der Waals surface area contributed by atoms with Gasteiger partial charge >= 0.3 is 0 Å². The van der Waals surface area contributed by atoms with Gasteiger partial charge in [-0.25, -0.2) is 0 Å². The van der Waals surface area contributed by atoms with Crippen molar-refractivity contribution in [3.63, 3.8) is 0 Å². The first-order chi connectivity index (χ1) is 6.70. The fourth-order valence-corrected chi connectivity index (χ4v) is 2.48. The molecule has 2 nitrogen and oxygen atoms in total. The number of rotatable bonds is 6. The van der Waals surface area contributed by atoms with Crippen LogP contribution < -0.4 is 0 Å². The first-order valence-corrected chi connectivity index (χ1v) is 6.10. The average Bonchev–Trinajstić information content (AvgIpc) is 2.12. The predicted octanol–water partition coefficient (Wildman–Crippen LogP) is 2.62. The van der Waals surface area contributed by atoms with Crippen molar-refractivity contribution in [3.8, 4) is 0 Å². The maximum absolute atomic E-state index is 9.87. The molecule has 0 spiro atoms. The highest BCUT2D eigenvalue weighted by molar-refractivity contribution is 4.87. The van der Waals surface area contributed by atoms with Crippen LogP contribution in [-0.2, 0) is 0 Å². The molecular weight excluding hydrogens is 174 g/mol. The molecule has 84 valence electrons. The van der Waals surface area contributed by atoms with E-state index in [4.69, 9.17) is 0 Å². The Balaban J connectivity index is 2.32. The highest BCUT2D eigenvalue weighted by Gasteiger charge is 2.34. The van der Waals surface area contributed by atoms with Crippen molar-refractivity contribution in [3.05, 3.63) is 0 Å². The molecule has 2 heteroatoms. The molecular formula is C12H25NO. The Morgan fingerprint density at radius 2 is 2.00 bits per heavy atom. The van der Waals surface area contributed by atoms with Crippen LogP contribution in [0, 0.1) is 5.92 Å². The van der Waals surface area contributed by atoms with E-state index in [0.717, 1.165) is 18.8 Å². The third-order valence-electron chi connectivity index (χ3n) is 3.58. The van der Waals surface area contributed by atoms with E-state index >= 15 is 0 Å². The van der Waals surface area contributed by atoms with Crippen LogP contribution in [0.25, 0.3) is 0 Å². The highest BCUT2D eigenvalue weighted by atomic mass is 16.3. The molecule has 0 amide bonds. The summed E-state index contributed by atoms with van der Waals surface area (Å²) in [5, 5.41) is 9.87. The van der Waals surface area contributed by atoms with Gasteiger partial charge in [0.25, 0.3) is 0 Å². The fraction of sp³-hybridized carbons (Fsp3) is 1.00. The van der Waals surface area contributed by atoms with Crippen molar-refractivity contribution in [1.29, 1.82) is 0 Å². The minimum absolute atomic E-state index is 0.218. The van der Waals surface area contributed by atoms with Crippen LogP contribution >= 0.6 is 0 Å². The molecule has 0 aromatic rings. The second-order valence-electron chi connectivity index (χ2n) is 4.63. The van der Waals surface area contributed by atoms with E-state index in [0.29, 0.717) is 6.04 Å². The molecule has 14 heavy (non-hydrogen) atoms. The Kier molecular flexibility index (Phi) is 4.90. The zero-order valence-electron chi connectivity index (χ0n) is 9.87. The second-order valence-corrected chi connectivity index (χ2v) is 4.63. The van der Waals surface area contributed by atoms with Crippen LogP contribution in [0.5, 0.6) is 0 Å². The Bertz CT molecular complexity index is 152. The van der Waals surface area contributed by atoms with Crippen molar-refractivity contribution in [2.75, 3.05) is 7.05 Å². The summed E-state index contributed by atoms with van der Waals surface area (Å²) in [5.41, 5.74) is 0. The van der Waals surface area contributed by atoms with Gasteiger partial charge < -0.3 is 5.11 Å². The minimum atomic E-state index is -0.218. The molecule has 0 aromatic heterocycles. The average molecular weight is 199 g/mol. The zero-order chi connectivity index (χ0) is 10.6. The molecule has 0 bridgehead atoms. The standard InChI is InChI=1S/C12H25NO/c1-4-6-10-8-9-11(10)13(3)12(14)7-5-2/h10-12,14H,4-9H2,1-3H3. The van der Waals surface area contributed by atoms with E-state index in [9.17, 15) is 5.11 Å². The van der Waals surface area contributed by atoms with E-state index in [1.165, 1.54) is 25.7 Å². The van der Waals surface area contributed by atoms with E-state index in [-0.39, 0.29) is 6.23 Å². The van der Waals surface area contributed by atoms with Gasteiger partial charge in [-0.15, -0.1) is 0 Å². The molecule has 1 saturated carbocycles. The Morgan fingerprint density at radius 1 is 1.29 bits per heavy atom. The van der Waals surface area contributed by atoms with Crippen molar-refractivity contribution >= 4 is 0 Å². The van der Waals surface area contributed by atoms with Gasteiger partial charge in [0.05, 0.1) is 0 Å². The maximum Gasteiger partial charge on any atom is 0.107 e. The number of hydrogen-bond acceptors (Lipinski definition) is 2. The Labute approximate surface area is 88.3 Å². The zero-order valence-corrected chi connectivity index (χ0v) is 9.87. The van der Waals surface area contributed by atoms with Gasteiger partial charge in [0, 0.05) is 6.04 Å². The van der Waals surface area contributed by atoms with Gasteiger partial charge in [-0.1, -0.05) is 26.7 Å². The first kappa shape index (κ1) is 12.0. The van der Waals surface area contributed by atoms with Crippen molar-refractivity contribution in [2.45, 2.75) is 64.6 Å². The lowest BCUT2D eigenvalue weighted by Gasteiger charge is -2.44. The Hall–Kier alpha value is -0.0800. The molecule has 0 saturated heterocycles. The highest BCUT2D eigenvalue weighted by Crippen LogP contribution is 2.35. The van der Waals surface area contributed by atoms with Crippen LogP contribution in [0.1, 0.15) is 52.4 Å². The van der Waals surface area contributed by atoms with Crippen molar-refractivity contribution in [2.24, 2.45) is 5.92 Å². The first-order valence-electron chi connectivity index (χ1n) is 6.10. The van der Waals surface area contributed by atoms with Gasteiger partial charge in [0.2, 0.25) is 0 Å². The molecule has 0 heterocycles. The lowest BCUT2D eigenvalue weighted by molar-refractivity contribution is -0.0580. The number of hydrogen-bond donors (Lipinski definition) is 1. The summed E-state index contributed by atoms with van der Waals surface area (Å²) in [6.45, 7) is 4.37. The molecule has 3 atom stereocenters. The molecule has 1 fully saturated rings. The summed E-state index contributed by atoms with van der Waals surface area (Å²) in [6, 6.07) is 0.650. The molecule has 1 aliphatic rings. The molecule has 0 aromatic carbocycles.